The number of halogens is 1. The van der Waals surface area contributed by atoms with Gasteiger partial charge < -0.3 is 25.7 Å². The zero-order chi connectivity index (χ0) is 27.4. The van der Waals surface area contributed by atoms with Gasteiger partial charge in [0.2, 0.25) is 0 Å². The number of hydrogen-bond donors (Lipinski definition) is 5. The molecule has 0 bridgehead atoms. The largest absolute Gasteiger partial charge is 0.507 e. The SMILES string of the molecule is Cc1cccc(CCNC(=O)N[C@@H](Cc2ccccc2)c2nc(-c3ccc4[nH]c(=O)cc(O)c4c3)c(Cl)[nH]2)c1. The molecule has 1 atom stereocenters. The Bertz CT molecular complexity index is 1680. The fourth-order valence-corrected chi connectivity index (χ4v) is 4.82. The normalized spacial score (nSPS) is 11.8. The van der Waals surface area contributed by atoms with Gasteiger partial charge in [-0.05, 0) is 43.0 Å². The molecule has 3 aromatic carbocycles. The number of benzene rings is 3. The van der Waals surface area contributed by atoms with E-state index < -0.39 is 6.04 Å². The minimum absolute atomic E-state index is 0.131. The molecule has 5 N–H and O–H groups in total. The summed E-state index contributed by atoms with van der Waals surface area (Å²) in [6, 6.07) is 23.5. The molecule has 5 aromatic rings. The second-order valence-electron chi connectivity index (χ2n) is 9.45. The molecular formula is C30H28ClN5O3. The van der Waals surface area contributed by atoms with Crippen LogP contribution in [0.2, 0.25) is 5.15 Å². The molecule has 0 radical (unpaired) electrons. The van der Waals surface area contributed by atoms with Crippen LogP contribution in [-0.4, -0.2) is 32.6 Å². The number of carbonyl (C=O) groups excluding carboxylic acids is 1. The molecule has 0 unspecified atom stereocenters. The highest BCUT2D eigenvalue weighted by molar-refractivity contribution is 6.32. The van der Waals surface area contributed by atoms with Gasteiger partial charge in [-0.3, -0.25) is 4.79 Å². The van der Waals surface area contributed by atoms with Crippen LogP contribution in [0.25, 0.3) is 22.2 Å². The van der Waals surface area contributed by atoms with Crippen molar-refractivity contribution in [1.29, 1.82) is 0 Å². The molecule has 0 aliphatic heterocycles. The first-order valence-corrected chi connectivity index (χ1v) is 13.0. The van der Waals surface area contributed by atoms with Crippen LogP contribution in [0.15, 0.2) is 83.7 Å². The Balaban J connectivity index is 1.37. The predicted molar refractivity (Wildman–Crippen MR) is 153 cm³/mol. The van der Waals surface area contributed by atoms with Crippen LogP contribution in [0.5, 0.6) is 5.75 Å². The van der Waals surface area contributed by atoms with E-state index in [9.17, 15) is 14.7 Å². The van der Waals surface area contributed by atoms with Crippen LogP contribution >= 0.6 is 11.6 Å². The molecule has 8 nitrogen and oxygen atoms in total. The Morgan fingerprint density at radius 1 is 1.00 bits per heavy atom. The fourth-order valence-electron chi connectivity index (χ4n) is 4.57. The van der Waals surface area contributed by atoms with Gasteiger partial charge in [0.25, 0.3) is 5.56 Å². The molecule has 2 aromatic heterocycles. The maximum atomic E-state index is 12.9. The minimum atomic E-state index is -0.483. The highest BCUT2D eigenvalue weighted by Gasteiger charge is 2.22. The van der Waals surface area contributed by atoms with E-state index in [1.165, 1.54) is 5.56 Å². The number of urea groups is 1. The summed E-state index contributed by atoms with van der Waals surface area (Å²) in [6.45, 7) is 2.53. The van der Waals surface area contributed by atoms with Crippen LogP contribution in [0.3, 0.4) is 0 Å². The second kappa shape index (κ2) is 11.4. The number of aromatic nitrogens is 3. The summed E-state index contributed by atoms with van der Waals surface area (Å²) in [7, 11) is 0. The Labute approximate surface area is 230 Å². The Kier molecular flexibility index (Phi) is 7.65. The average Bonchev–Trinajstić information content (AvgIpc) is 3.30. The molecule has 0 fully saturated rings. The number of amides is 2. The van der Waals surface area contributed by atoms with E-state index in [1.54, 1.807) is 18.2 Å². The maximum Gasteiger partial charge on any atom is 0.315 e. The number of H-pyrrole nitrogens is 2. The van der Waals surface area contributed by atoms with E-state index in [1.807, 2.05) is 55.5 Å². The van der Waals surface area contributed by atoms with Crippen molar-refractivity contribution in [3.05, 3.63) is 117 Å². The van der Waals surface area contributed by atoms with Crippen molar-refractivity contribution >= 4 is 28.5 Å². The first kappa shape index (κ1) is 26.1. The zero-order valence-electron chi connectivity index (χ0n) is 21.3. The lowest BCUT2D eigenvalue weighted by Gasteiger charge is -2.17. The van der Waals surface area contributed by atoms with Gasteiger partial charge in [-0.2, -0.15) is 0 Å². The fraction of sp³-hybridized carbons (Fsp3) is 0.167. The zero-order valence-corrected chi connectivity index (χ0v) is 22.0. The maximum absolute atomic E-state index is 12.9. The number of aromatic amines is 2. The lowest BCUT2D eigenvalue weighted by Crippen LogP contribution is -2.40. The van der Waals surface area contributed by atoms with Crippen LogP contribution in [0, 0.1) is 6.92 Å². The molecular weight excluding hydrogens is 514 g/mol. The van der Waals surface area contributed by atoms with Crippen molar-refractivity contribution in [2.45, 2.75) is 25.8 Å². The highest BCUT2D eigenvalue weighted by Crippen LogP contribution is 2.32. The molecule has 2 amide bonds. The van der Waals surface area contributed by atoms with Crippen molar-refractivity contribution in [3.63, 3.8) is 0 Å². The van der Waals surface area contributed by atoms with Gasteiger partial charge in [-0.1, -0.05) is 77.8 Å². The quantitative estimate of drug-likeness (QED) is 0.180. The molecule has 0 aliphatic rings. The standard InChI is InChI=1S/C30H28ClN5O3/c1-18-6-5-9-20(14-18)12-13-32-30(39)34-24(15-19-7-3-2-4-8-19)29-35-27(28(31)36-29)21-10-11-23-22(16-21)25(37)17-26(38)33-23/h2-11,14,16-17,24H,12-13,15H2,1H3,(H,35,36)(H2,32,34,39)(H2,33,37,38)/t24-/m0/s1. The van der Waals surface area contributed by atoms with Crippen molar-refractivity contribution in [1.82, 2.24) is 25.6 Å². The van der Waals surface area contributed by atoms with Gasteiger partial charge in [-0.25, -0.2) is 9.78 Å². The van der Waals surface area contributed by atoms with Crippen LogP contribution in [0.1, 0.15) is 28.6 Å². The minimum Gasteiger partial charge on any atom is -0.507 e. The number of aryl methyl sites for hydroxylation is 1. The molecule has 0 saturated carbocycles. The van der Waals surface area contributed by atoms with E-state index in [4.69, 9.17) is 16.6 Å². The number of nitrogens with one attached hydrogen (secondary N) is 4. The second-order valence-corrected chi connectivity index (χ2v) is 9.82. The third kappa shape index (κ3) is 6.30. The van der Waals surface area contributed by atoms with E-state index in [2.05, 4.69) is 26.7 Å². The van der Waals surface area contributed by atoms with Gasteiger partial charge in [0.05, 0.1) is 11.6 Å². The Morgan fingerprint density at radius 3 is 2.59 bits per heavy atom. The number of hydrogen-bond acceptors (Lipinski definition) is 4. The average molecular weight is 542 g/mol. The molecule has 0 spiro atoms. The van der Waals surface area contributed by atoms with Gasteiger partial charge in [-0.15, -0.1) is 0 Å². The summed E-state index contributed by atoms with van der Waals surface area (Å²) in [5.74, 6) is 0.368. The molecule has 2 heterocycles. The summed E-state index contributed by atoms with van der Waals surface area (Å²) < 4.78 is 0. The van der Waals surface area contributed by atoms with Gasteiger partial charge in [0.1, 0.15) is 22.4 Å². The number of aromatic hydroxyl groups is 1. The number of fused-ring (bicyclic) bond motifs is 1. The van der Waals surface area contributed by atoms with E-state index in [-0.39, 0.29) is 17.3 Å². The first-order chi connectivity index (χ1) is 18.9. The van der Waals surface area contributed by atoms with Crippen molar-refractivity contribution in [2.75, 3.05) is 6.54 Å². The molecule has 0 aliphatic carbocycles. The number of pyridine rings is 1. The number of imidazole rings is 1. The van der Waals surface area contributed by atoms with Gasteiger partial charge in [0.15, 0.2) is 0 Å². The molecule has 198 valence electrons. The summed E-state index contributed by atoms with van der Waals surface area (Å²) in [6.07, 6.45) is 1.21. The number of rotatable bonds is 8. The van der Waals surface area contributed by atoms with Crippen molar-refractivity contribution in [3.8, 4) is 17.0 Å². The van der Waals surface area contributed by atoms with E-state index in [0.29, 0.717) is 46.1 Å². The topological polar surface area (TPSA) is 123 Å². The molecule has 0 saturated heterocycles. The Hall–Kier alpha value is -4.56. The molecule has 39 heavy (non-hydrogen) atoms. The summed E-state index contributed by atoms with van der Waals surface area (Å²) in [4.78, 5) is 35.1. The van der Waals surface area contributed by atoms with Crippen molar-refractivity contribution < 1.29 is 9.90 Å². The molecule has 5 rings (SSSR count). The first-order valence-electron chi connectivity index (χ1n) is 12.6. The van der Waals surface area contributed by atoms with Crippen LogP contribution in [0.4, 0.5) is 4.79 Å². The predicted octanol–water partition coefficient (Wildman–Crippen LogP) is 5.41. The van der Waals surface area contributed by atoms with Gasteiger partial charge >= 0.3 is 6.03 Å². The Morgan fingerprint density at radius 2 is 1.79 bits per heavy atom. The number of carbonyl (C=O) groups is 1. The smallest absolute Gasteiger partial charge is 0.315 e. The number of nitrogens with zero attached hydrogens (tertiary/aromatic N) is 1. The summed E-state index contributed by atoms with van der Waals surface area (Å²) in [5, 5.41) is 17.0. The summed E-state index contributed by atoms with van der Waals surface area (Å²) >= 11 is 6.58. The van der Waals surface area contributed by atoms with Crippen molar-refractivity contribution in [2.24, 2.45) is 0 Å². The van der Waals surface area contributed by atoms with Crippen LogP contribution < -0.4 is 16.2 Å². The lowest BCUT2D eigenvalue weighted by atomic mass is 10.1. The third-order valence-electron chi connectivity index (χ3n) is 6.47. The van der Waals surface area contributed by atoms with Gasteiger partial charge in [0, 0.05) is 23.6 Å². The highest BCUT2D eigenvalue weighted by atomic mass is 35.5. The van der Waals surface area contributed by atoms with Crippen LogP contribution in [-0.2, 0) is 12.8 Å². The monoisotopic (exact) mass is 541 g/mol. The van der Waals surface area contributed by atoms with E-state index in [0.717, 1.165) is 23.6 Å². The van der Waals surface area contributed by atoms with E-state index >= 15 is 0 Å². The lowest BCUT2D eigenvalue weighted by molar-refractivity contribution is 0.236. The molecule has 9 heteroatoms. The third-order valence-corrected chi connectivity index (χ3v) is 6.75. The summed E-state index contributed by atoms with van der Waals surface area (Å²) in [5.41, 5.74) is 4.60.